The molecule has 1 fully saturated rings. The lowest BCUT2D eigenvalue weighted by atomic mass is 9.99. The molecule has 2 atom stereocenters. The van der Waals surface area contributed by atoms with E-state index in [9.17, 15) is 4.79 Å². The average Bonchev–Trinajstić information content (AvgIpc) is 3.08. The van der Waals surface area contributed by atoms with Gasteiger partial charge >= 0.3 is 5.97 Å². The molecule has 0 aliphatic carbocycles. The van der Waals surface area contributed by atoms with Crippen molar-refractivity contribution in [1.29, 1.82) is 0 Å². The summed E-state index contributed by atoms with van der Waals surface area (Å²) in [5.41, 5.74) is 1.07. The number of pyridine rings is 1. The molecule has 0 amide bonds. The van der Waals surface area contributed by atoms with Gasteiger partial charge in [-0.2, -0.15) is 0 Å². The molecule has 2 rings (SSSR count). The van der Waals surface area contributed by atoms with Gasteiger partial charge in [0.15, 0.2) is 5.96 Å². The van der Waals surface area contributed by atoms with Crippen LogP contribution < -0.4 is 10.2 Å². The summed E-state index contributed by atoms with van der Waals surface area (Å²) in [6, 6.07) is 4.13. The van der Waals surface area contributed by atoms with Crippen molar-refractivity contribution in [3.05, 3.63) is 23.9 Å². The Hall–Kier alpha value is -2.31. The lowest BCUT2D eigenvalue weighted by Crippen LogP contribution is -2.40. The van der Waals surface area contributed by atoms with Crippen molar-refractivity contribution in [1.82, 2.24) is 15.2 Å². The van der Waals surface area contributed by atoms with E-state index in [1.165, 1.54) is 7.11 Å². The molecule has 1 aromatic heterocycles. The molecule has 0 bridgehead atoms. The Balaban J connectivity index is 2.06. The number of nitrogens with zero attached hydrogens (tertiary/aromatic N) is 4. The van der Waals surface area contributed by atoms with Crippen molar-refractivity contribution < 1.29 is 9.53 Å². The van der Waals surface area contributed by atoms with Gasteiger partial charge in [-0.15, -0.1) is 0 Å². The van der Waals surface area contributed by atoms with Gasteiger partial charge < -0.3 is 19.9 Å². The topological polar surface area (TPSA) is 70.1 Å². The van der Waals surface area contributed by atoms with E-state index in [0.29, 0.717) is 13.1 Å². The summed E-state index contributed by atoms with van der Waals surface area (Å²) in [5, 5.41) is 3.34. The fourth-order valence-corrected chi connectivity index (χ4v) is 3.43. The zero-order valence-electron chi connectivity index (χ0n) is 17.2. The van der Waals surface area contributed by atoms with Gasteiger partial charge in [-0.1, -0.05) is 13.0 Å². The van der Waals surface area contributed by atoms with E-state index in [0.717, 1.165) is 43.5 Å². The number of nitrogens with one attached hydrogen (secondary N) is 1. The highest BCUT2D eigenvalue weighted by molar-refractivity contribution is 5.82. The maximum Gasteiger partial charge on any atom is 0.310 e. The molecular weight excluding hydrogens is 342 g/mol. The van der Waals surface area contributed by atoms with Gasteiger partial charge in [0.05, 0.1) is 19.6 Å². The molecule has 2 heterocycles. The van der Waals surface area contributed by atoms with Crippen LogP contribution in [0, 0.1) is 11.8 Å². The molecule has 1 saturated heterocycles. The first-order valence-corrected chi connectivity index (χ1v) is 9.84. The van der Waals surface area contributed by atoms with Crippen molar-refractivity contribution in [2.45, 2.75) is 34.2 Å². The number of carbonyl (C=O) groups excluding carboxylic acids is 1. The lowest BCUT2D eigenvalue weighted by Gasteiger charge is -2.21. The number of aliphatic imine (C=N–C) groups is 1. The van der Waals surface area contributed by atoms with Gasteiger partial charge in [-0.3, -0.25) is 4.79 Å². The van der Waals surface area contributed by atoms with E-state index >= 15 is 0 Å². The molecular formula is C20H33N5O2. The van der Waals surface area contributed by atoms with Crippen LogP contribution in [-0.2, 0) is 16.1 Å². The number of carbonyl (C=O) groups is 1. The fraction of sp³-hybridized carbons (Fsp3) is 0.650. The minimum atomic E-state index is -0.142. The average molecular weight is 376 g/mol. The van der Waals surface area contributed by atoms with Crippen LogP contribution in [0.4, 0.5) is 5.82 Å². The van der Waals surface area contributed by atoms with E-state index < -0.39 is 0 Å². The van der Waals surface area contributed by atoms with E-state index in [-0.39, 0.29) is 17.8 Å². The minimum Gasteiger partial charge on any atom is -0.469 e. The third-order valence-electron chi connectivity index (χ3n) is 5.06. The van der Waals surface area contributed by atoms with E-state index in [2.05, 4.69) is 53.0 Å². The van der Waals surface area contributed by atoms with Crippen LogP contribution in [0.25, 0.3) is 0 Å². The number of aromatic nitrogens is 1. The largest absolute Gasteiger partial charge is 0.469 e. The monoisotopic (exact) mass is 375 g/mol. The molecule has 1 aliphatic rings. The zero-order valence-corrected chi connectivity index (χ0v) is 17.2. The summed E-state index contributed by atoms with van der Waals surface area (Å²) in [6.07, 6.45) is 1.89. The van der Waals surface area contributed by atoms with Gasteiger partial charge in [0.1, 0.15) is 5.82 Å². The van der Waals surface area contributed by atoms with Crippen LogP contribution in [0.5, 0.6) is 0 Å². The van der Waals surface area contributed by atoms with Gasteiger partial charge in [-0.05, 0) is 38.3 Å². The van der Waals surface area contributed by atoms with E-state index in [1.54, 1.807) is 0 Å². The second kappa shape index (κ2) is 10.1. The predicted molar refractivity (Wildman–Crippen MR) is 109 cm³/mol. The standard InChI is InChI=1S/C20H33N5O2/c1-6-21-20(25-13-15(4)17(14-25)19(26)27-5)23-12-16-9-10-18(22-11-16)24(7-2)8-3/h9-11,15,17H,6-8,12-14H2,1-5H3,(H,21,23). The molecule has 1 aromatic rings. The summed E-state index contributed by atoms with van der Waals surface area (Å²) < 4.78 is 4.93. The summed E-state index contributed by atoms with van der Waals surface area (Å²) in [7, 11) is 1.45. The Morgan fingerprint density at radius 2 is 2.07 bits per heavy atom. The Labute approximate surface area is 162 Å². The molecule has 1 aliphatic heterocycles. The summed E-state index contributed by atoms with van der Waals surface area (Å²) in [5.74, 6) is 1.83. The molecule has 27 heavy (non-hydrogen) atoms. The first-order chi connectivity index (χ1) is 13.0. The third-order valence-corrected chi connectivity index (χ3v) is 5.06. The van der Waals surface area contributed by atoms with Crippen LogP contribution >= 0.6 is 0 Å². The maximum absolute atomic E-state index is 11.9. The molecule has 0 aromatic carbocycles. The third kappa shape index (κ3) is 5.34. The fourth-order valence-electron chi connectivity index (χ4n) is 3.43. The SMILES string of the molecule is CCNC(=NCc1ccc(N(CC)CC)nc1)N1CC(C)C(C(=O)OC)C1. The molecule has 0 radical (unpaired) electrons. The summed E-state index contributed by atoms with van der Waals surface area (Å²) >= 11 is 0. The summed E-state index contributed by atoms with van der Waals surface area (Å²) in [6.45, 7) is 13.1. The normalized spacial score (nSPS) is 19.9. The van der Waals surface area contributed by atoms with Crippen LogP contribution in [0.15, 0.2) is 23.3 Å². The number of ether oxygens (including phenoxy) is 1. The lowest BCUT2D eigenvalue weighted by molar-refractivity contribution is -0.145. The van der Waals surface area contributed by atoms with Gasteiger partial charge in [0.25, 0.3) is 0 Å². The highest BCUT2D eigenvalue weighted by Crippen LogP contribution is 2.24. The number of methoxy groups -OCH3 is 1. The molecule has 1 N–H and O–H groups in total. The number of likely N-dealkylation sites (tertiary alicyclic amines) is 1. The summed E-state index contributed by atoms with van der Waals surface area (Å²) in [4.78, 5) is 25.6. The van der Waals surface area contributed by atoms with Crippen LogP contribution in [-0.4, -0.2) is 61.6 Å². The van der Waals surface area contributed by atoms with Gasteiger partial charge in [0.2, 0.25) is 0 Å². The predicted octanol–water partition coefficient (Wildman–Crippen LogP) is 2.13. The van der Waals surface area contributed by atoms with Gasteiger partial charge in [-0.25, -0.2) is 9.98 Å². The number of hydrogen-bond acceptors (Lipinski definition) is 5. The number of hydrogen-bond donors (Lipinski definition) is 1. The molecule has 0 saturated carbocycles. The van der Waals surface area contributed by atoms with Crippen LogP contribution in [0.3, 0.4) is 0 Å². The second-order valence-electron chi connectivity index (χ2n) is 6.88. The number of esters is 1. The van der Waals surface area contributed by atoms with Crippen molar-refractivity contribution >= 4 is 17.7 Å². The molecule has 0 spiro atoms. The van der Waals surface area contributed by atoms with E-state index in [1.807, 2.05) is 13.1 Å². The Bertz CT molecular complexity index is 628. The molecule has 150 valence electrons. The Morgan fingerprint density at radius 1 is 1.33 bits per heavy atom. The quantitative estimate of drug-likeness (QED) is 0.447. The molecule has 2 unspecified atom stereocenters. The smallest absolute Gasteiger partial charge is 0.310 e. The van der Waals surface area contributed by atoms with E-state index in [4.69, 9.17) is 9.73 Å². The van der Waals surface area contributed by atoms with Crippen molar-refractivity contribution in [3.63, 3.8) is 0 Å². The number of guanidine groups is 1. The highest BCUT2D eigenvalue weighted by atomic mass is 16.5. The Morgan fingerprint density at radius 3 is 2.63 bits per heavy atom. The maximum atomic E-state index is 11.9. The zero-order chi connectivity index (χ0) is 19.8. The number of rotatable bonds is 7. The first kappa shape index (κ1) is 21.0. The van der Waals surface area contributed by atoms with Crippen molar-refractivity contribution in [2.75, 3.05) is 44.7 Å². The van der Waals surface area contributed by atoms with Crippen molar-refractivity contribution in [3.8, 4) is 0 Å². The van der Waals surface area contributed by atoms with Crippen LogP contribution in [0.1, 0.15) is 33.3 Å². The second-order valence-corrected chi connectivity index (χ2v) is 6.88. The van der Waals surface area contributed by atoms with Crippen molar-refractivity contribution in [2.24, 2.45) is 16.8 Å². The Kier molecular flexibility index (Phi) is 7.88. The van der Waals surface area contributed by atoms with Crippen LogP contribution in [0.2, 0.25) is 0 Å². The molecule has 7 heteroatoms. The minimum absolute atomic E-state index is 0.103. The molecule has 7 nitrogen and oxygen atoms in total. The van der Waals surface area contributed by atoms with Gasteiger partial charge in [0, 0.05) is 38.9 Å². The first-order valence-electron chi connectivity index (χ1n) is 9.84. The number of anilines is 1. The highest BCUT2D eigenvalue weighted by Gasteiger charge is 2.36.